The third kappa shape index (κ3) is 3.99. The molecule has 0 aliphatic heterocycles. The zero-order valence-corrected chi connectivity index (χ0v) is 13.3. The number of benzene rings is 2. The predicted molar refractivity (Wildman–Crippen MR) is 87.5 cm³/mol. The van der Waals surface area contributed by atoms with Crippen LogP contribution in [0.5, 0.6) is 0 Å². The average molecular weight is 337 g/mol. The fraction of sp³-hybridized carbons (Fsp3) is 0.133. The first-order valence-corrected chi connectivity index (χ1v) is 7.96. The Kier molecular flexibility index (Phi) is 5.41. The minimum Gasteiger partial charge on any atom is -0.348 e. The first kappa shape index (κ1) is 16.3. The van der Waals surface area contributed by atoms with Crippen molar-refractivity contribution >= 4 is 35.0 Å². The molecule has 0 spiro atoms. The lowest BCUT2D eigenvalue weighted by molar-refractivity contribution is -0.384. The van der Waals surface area contributed by atoms with Gasteiger partial charge in [0.1, 0.15) is 0 Å². The van der Waals surface area contributed by atoms with E-state index in [1.807, 2.05) is 30.5 Å². The Hall–Kier alpha value is -2.05. The minimum atomic E-state index is -0.555. The summed E-state index contributed by atoms with van der Waals surface area (Å²) in [7, 11) is 0. The average Bonchev–Trinajstić information content (AvgIpc) is 2.52. The SMILES string of the molecule is CSc1ccc(CNC(=O)c2ccc([N+](=O)[O-])cc2Cl)cc1. The highest BCUT2D eigenvalue weighted by Gasteiger charge is 2.14. The molecule has 0 atom stereocenters. The molecule has 22 heavy (non-hydrogen) atoms. The lowest BCUT2D eigenvalue weighted by Gasteiger charge is -2.07. The van der Waals surface area contributed by atoms with Crippen molar-refractivity contribution in [3.05, 3.63) is 68.7 Å². The monoisotopic (exact) mass is 336 g/mol. The van der Waals surface area contributed by atoms with E-state index in [1.165, 1.54) is 18.2 Å². The molecule has 2 aromatic carbocycles. The van der Waals surface area contributed by atoms with Gasteiger partial charge in [0, 0.05) is 23.6 Å². The number of hydrogen-bond acceptors (Lipinski definition) is 4. The number of carbonyl (C=O) groups excluding carboxylic acids is 1. The van der Waals surface area contributed by atoms with Gasteiger partial charge in [-0.05, 0) is 30.0 Å². The van der Waals surface area contributed by atoms with Gasteiger partial charge in [-0.25, -0.2) is 0 Å². The van der Waals surface area contributed by atoms with Crippen LogP contribution in [0.4, 0.5) is 5.69 Å². The summed E-state index contributed by atoms with van der Waals surface area (Å²) in [6, 6.07) is 11.6. The van der Waals surface area contributed by atoms with Crippen LogP contribution in [0.15, 0.2) is 47.4 Å². The van der Waals surface area contributed by atoms with Gasteiger partial charge >= 0.3 is 0 Å². The van der Waals surface area contributed by atoms with Crippen molar-refractivity contribution in [1.29, 1.82) is 0 Å². The molecule has 1 amide bonds. The van der Waals surface area contributed by atoms with E-state index >= 15 is 0 Å². The molecule has 0 aliphatic carbocycles. The van der Waals surface area contributed by atoms with Crippen molar-refractivity contribution in [3.8, 4) is 0 Å². The maximum absolute atomic E-state index is 12.1. The summed E-state index contributed by atoms with van der Waals surface area (Å²) in [5, 5.41) is 13.4. The Morgan fingerprint density at radius 2 is 1.95 bits per heavy atom. The van der Waals surface area contributed by atoms with E-state index in [1.54, 1.807) is 11.8 Å². The summed E-state index contributed by atoms with van der Waals surface area (Å²) < 4.78 is 0. The topological polar surface area (TPSA) is 72.2 Å². The lowest BCUT2D eigenvalue weighted by atomic mass is 10.1. The number of nitro groups is 1. The maximum Gasteiger partial charge on any atom is 0.270 e. The van der Waals surface area contributed by atoms with Gasteiger partial charge in [-0.1, -0.05) is 23.7 Å². The summed E-state index contributed by atoms with van der Waals surface area (Å²) in [4.78, 5) is 23.3. The second-order valence-electron chi connectivity index (χ2n) is 4.45. The van der Waals surface area contributed by atoms with E-state index < -0.39 is 4.92 Å². The highest BCUT2D eigenvalue weighted by molar-refractivity contribution is 7.98. The Morgan fingerprint density at radius 3 is 2.50 bits per heavy atom. The van der Waals surface area contributed by atoms with Crippen LogP contribution in [-0.2, 0) is 6.54 Å². The molecule has 0 heterocycles. The van der Waals surface area contributed by atoms with Crippen molar-refractivity contribution in [3.63, 3.8) is 0 Å². The zero-order valence-electron chi connectivity index (χ0n) is 11.7. The fourth-order valence-electron chi connectivity index (χ4n) is 1.82. The van der Waals surface area contributed by atoms with Crippen molar-refractivity contribution in [1.82, 2.24) is 5.32 Å². The molecule has 0 saturated heterocycles. The molecule has 114 valence electrons. The summed E-state index contributed by atoms with van der Waals surface area (Å²) in [5.41, 5.74) is 1.03. The van der Waals surface area contributed by atoms with Gasteiger partial charge in [0.15, 0.2) is 0 Å². The van der Waals surface area contributed by atoms with Crippen LogP contribution in [-0.4, -0.2) is 17.1 Å². The van der Waals surface area contributed by atoms with Gasteiger partial charge in [0.25, 0.3) is 11.6 Å². The third-order valence-corrected chi connectivity index (χ3v) is 4.08. The number of thioether (sulfide) groups is 1. The van der Waals surface area contributed by atoms with Crippen LogP contribution in [0.25, 0.3) is 0 Å². The molecule has 0 aliphatic rings. The van der Waals surface area contributed by atoms with Gasteiger partial charge in [-0.3, -0.25) is 14.9 Å². The Balaban J connectivity index is 2.04. The molecule has 0 aromatic heterocycles. The Bertz CT molecular complexity index is 704. The van der Waals surface area contributed by atoms with Crippen molar-refractivity contribution < 1.29 is 9.72 Å². The lowest BCUT2D eigenvalue weighted by Crippen LogP contribution is -2.23. The number of nitrogens with one attached hydrogen (secondary N) is 1. The second kappa shape index (κ2) is 7.29. The van der Waals surface area contributed by atoms with Crippen LogP contribution in [0.1, 0.15) is 15.9 Å². The van der Waals surface area contributed by atoms with Crippen LogP contribution in [0, 0.1) is 10.1 Å². The summed E-state index contributed by atoms with van der Waals surface area (Å²) in [6.45, 7) is 0.362. The molecule has 0 bridgehead atoms. The normalized spacial score (nSPS) is 10.3. The maximum atomic E-state index is 12.1. The zero-order chi connectivity index (χ0) is 16.1. The molecular formula is C15H13ClN2O3S. The number of hydrogen-bond donors (Lipinski definition) is 1. The van der Waals surface area contributed by atoms with E-state index in [0.29, 0.717) is 6.54 Å². The van der Waals surface area contributed by atoms with Gasteiger partial charge in [-0.15, -0.1) is 11.8 Å². The molecular weight excluding hydrogens is 324 g/mol. The van der Waals surface area contributed by atoms with Gasteiger partial charge in [-0.2, -0.15) is 0 Å². The first-order valence-electron chi connectivity index (χ1n) is 6.36. The first-order chi connectivity index (χ1) is 10.5. The van der Waals surface area contributed by atoms with Crippen LogP contribution in [0.2, 0.25) is 5.02 Å². The van der Waals surface area contributed by atoms with E-state index in [9.17, 15) is 14.9 Å². The largest absolute Gasteiger partial charge is 0.348 e. The summed E-state index contributed by atoms with van der Waals surface area (Å²) >= 11 is 7.57. The third-order valence-electron chi connectivity index (χ3n) is 3.02. The van der Waals surface area contributed by atoms with Crippen LogP contribution >= 0.6 is 23.4 Å². The van der Waals surface area contributed by atoms with Gasteiger partial charge in [0.2, 0.25) is 0 Å². The standard InChI is InChI=1S/C15H13ClN2O3S/c1-22-12-5-2-10(3-6-12)9-17-15(19)13-7-4-11(18(20)21)8-14(13)16/h2-8H,9H2,1H3,(H,17,19). The molecule has 5 nitrogen and oxygen atoms in total. The Labute approximate surface area is 136 Å². The van der Waals surface area contributed by atoms with Gasteiger partial charge in [0.05, 0.1) is 15.5 Å². The van der Waals surface area contributed by atoms with Crippen molar-refractivity contribution in [2.24, 2.45) is 0 Å². The van der Waals surface area contributed by atoms with E-state index in [0.717, 1.165) is 10.5 Å². The number of nitro benzene ring substituents is 1. The highest BCUT2D eigenvalue weighted by atomic mass is 35.5. The number of carbonyl (C=O) groups is 1. The molecule has 2 rings (SSSR count). The fourth-order valence-corrected chi connectivity index (χ4v) is 2.49. The molecule has 1 N–H and O–H groups in total. The van der Waals surface area contributed by atoms with Crippen molar-refractivity contribution in [2.75, 3.05) is 6.26 Å². The summed E-state index contributed by atoms with van der Waals surface area (Å²) in [5.74, 6) is -0.367. The van der Waals surface area contributed by atoms with Crippen LogP contribution < -0.4 is 5.32 Å². The molecule has 0 fully saturated rings. The quantitative estimate of drug-likeness (QED) is 0.510. The second-order valence-corrected chi connectivity index (χ2v) is 5.74. The van der Waals surface area contributed by atoms with Gasteiger partial charge < -0.3 is 5.32 Å². The predicted octanol–water partition coefficient (Wildman–Crippen LogP) is 3.90. The number of non-ortho nitro benzene ring substituents is 1. The smallest absolute Gasteiger partial charge is 0.270 e. The number of nitrogens with zero attached hydrogens (tertiary/aromatic N) is 1. The highest BCUT2D eigenvalue weighted by Crippen LogP contribution is 2.22. The van der Waals surface area contributed by atoms with E-state index in [4.69, 9.17) is 11.6 Å². The Morgan fingerprint density at radius 1 is 1.27 bits per heavy atom. The number of rotatable bonds is 5. The molecule has 7 heteroatoms. The molecule has 0 unspecified atom stereocenters. The summed E-state index contributed by atoms with van der Waals surface area (Å²) in [6.07, 6.45) is 1.99. The number of halogens is 1. The molecule has 0 saturated carbocycles. The molecule has 0 radical (unpaired) electrons. The molecule has 2 aromatic rings. The van der Waals surface area contributed by atoms with E-state index in [-0.39, 0.29) is 22.2 Å². The van der Waals surface area contributed by atoms with E-state index in [2.05, 4.69) is 5.32 Å². The number of amides is 1. The van der Waals surface area contributed by atoms with Crippen molar-refractivity contribution in [2.45, 2.75) is 11.4 Å². The van der Waals surface area contributed by atoms with Crippen LogP contribution in [0.3, 0.4) is 0 Å². The minimum absolute atomic E-state index is 0.0597.